The van der Waals surface area contributed by atoms with Gasteiger partial charge in [-0.15, -0.1) is 0 Å². The third-order valence-electron chi connectivity index (χ3n) is 4.76. The molecule has 156 valence electrons. The maximum absolute atomic E-state index is 13.0. The molecule has 0 aliphatic heterocycles. The minimum atomic E-state index is -3.88. The van der Waals surface area contributed by atoms with E-state index in [1.807, 2.05) is 19.9 Å². The summed E-state index contributed by atoms with van der Waals surface area (Å²) < 4.78 is 28.4. The molecule has 0 unspecified atom stereocenters. The lowest BCUT2D eigenvalue weighted by atomic mass is 10.0. The molecule has 2 aromatic carbocycles. The second-order valence-electron chi connectivity index (χ2n) is 7.18. The number of hydrogen-bond donors (Lipinski definition) is 3. The van der Waals surface area contributed by atoms with Gasteiger partial charge in [0, 0.05) is 18.3 Å². The van der Waals surface area contributed by atoms with Gasteiger partial charge in [-0.3, -0.25) is 9.59 Å². The van der Waals surface area contributed by atoms with Crippen molar-refractivity contribution < 1.29 is 18.0 Å². The fourth-order valence-electron chi connectivity index (χ4n) is 3.02. The smallest absolute Gasteiger partial charge is 0.242 e. The minimum absolute atomic E-state index is 0.193. The predicted octanol–water partition coefficient (Wildman–Crippen LogP) is 3.18. The molecule has 3 N–H and O–H groups in total. The third kappa shape index (κ3) is 5.42. The van der Waals surface area contributed by atoms with Gasteiger partial charge in [-0.25, -0.2) is 8.42 Å². The average Bonchev–Trinajstić information content (AvgIpc) is 2.60. The summed E-state index contributed by atoms with van der Waals surface area (Å²) in [5, 5.41) is 5.30. The normalized spacial score (nSPS) is 12.3. The van der Waals surface area contributed by atoms with Crippen LogP contribution in [0.15, 0.2) is 35.2 Å². The number of benzene rings is 2. The average molecular weight is 418 g/mol. The number of sulfonamides is 1. The molecule has 0 bridgehead atoms. The van der Waals surface area contributed by atoms with Crippen LogP contribution in [0.3, 0.4) is 0 Å². The molecule has 0 aliphatic carbocycles. The Morgan fingerprint density at radius 3 is 1.76 bits per heavy atom. The Hall–Kier alpha value is -2.71. The highest BCUT2D eigenvalue weighted by atomic mass is 32.2. The van der Waals surface area contributed by atoms with E-state index in [-0.39, 0.29) is 10.8 Å². The quantitative estimate of drug-likeness (QED) is 0.671. The van der Waals surface area contributed by atoms with E-state index < -0.39 is 22.0 Å². The number of nitrogens with one attached hydrogen (secondary N) is 3. The van der Waals surface area contributed by atoms with Crippen molar-refractivity contribution in [3.8, 4) is 0 Å². The first-order valence-electron chi connectivity index (χ1n) is 9.20. The molecular formula is C21H27N3O4S. The second-order valence-corrected chi connectivity index (χ2v) is 8.83. The maximum atomic E-state index is 13.0. The van der Waals surface area contributed by atoms with Crippen molar-refractivity contribution in [1.82, 2.24) is 4.72 Å². The van der Waals surface area contributed by atoms with E-state index in [0.29, 0.717) is 22.5 Å². The van der Waals surface area contributed by atoms with Gasteiger partial charge in [0.05, 0.1) is 10.9 Å². The zero-order chi connectivity index (χ0) is 21.9. The molecule has 0 aromatic heterocycles. The van der Waals surface area contributed by atoms with Crippen LogP contribution in [0, 0.1) is 27.7 Å². The summed E-state index contributed by atoms with van der Waals surface area (Å²) in [5.74, 6) is -0.678. The lowest BCUT2D eigenvalue weighted by Gasteiger charge is -2.19. The summed E-state index contributed by atoms with van der Waals surface area (Å²) in [6.45, 7) is 10.1. The van der Waals surface area contributed by atoms with Gasteiger partial charge < -0.3 is 10.6 Å². The van der Waals surface area contributed by atoms with E-state index in [1.165, 1.54) is 13.8 Å². The number of hydrogen-bond acceptors (Lipinski definition) is 4. The van der Waals surface area contributed by atoms with Crippen LogP contribution < -0.4 is 15.4 Å². The first-order chi connectivity index (χ1) is 13.4. The van der Waals surface area contributed by atoms with Gasteiger partial charge in [-0.1, -0.05) is 6.07 Å². The van der Waals surface area contributed by atoms with Crippen LogP contribution in [0.1, 0.15) is 36.1 Å². The molecule has 2 rings (SSSR count). The Morgan fingerprint density at radius 2 is 1.31 bits per heavy atom. The number of amides is 2. The predicted molar refractivity (Wildman–Crippen MR) is 115 cm³/mol. The van der Waals surface area contributed by atoms with Crippen molar-refractivity contribution in [3.63, 3.8) is 0 Å². The lowest BCUT2D eigenvalue weighted by Crippen LogP contribution is -2.42. The summed E-state index contributed by atoms with van der Waals surface area (Å²) in [7, 11) is -3.88. The van der Waals surface area contributed by atoms with Crippen LogP contribution in [-0.4, -0.2) is 26.3 Å². The van der Waals surface area contributed by atoms with Crippen molar-refractivity contribution in [1.29, 1.82) is 0 Å². The van der Waals surface area contributed by atoms with Gasteiger partial charge in [-0.05, 0) is 81.1 Å². The van der Waals surface area contributed by atoms with Crippen LogP contribution >= 0.6 is 0 Å². The number of carbonyl (C=O) groups is 2. The van der Waals surface area contributed by atoms with Crippen LogP contribution in [0.4, 0.5) is 11.4 Å². The Morgan fingerprint density at radius 1 is 0.862 bits per heavy atom. The summed E-state index contributed by atoms with van der Waals surface area (Å²) in [6, 6.07) is 7.52. The number of aryl methyl sites for hydroxylation is 2. The second kappa shape index (κ2) is 8.75. The van der Waals surface area contributed by atoms with Crippen molar-refractivity contribution in [2.24, 2.45) is 0 Å². The fraction of sp³-hybridized carbons (Fsp3) is 0.333. The Labute approximate surface area is 172 Å². The SMILES string of the molecule is CC(=O)Nc1ccc(NC(=O)[C@H](C)NS(=O)(=O)c2c(C)c(C)cc(C)c2C)cc1. The summed E-state index contributed by atoms with van der Waals surface area (Å²) in [5.41, 5.74) is 4.19. The molecule has 1 atom stereocenters. The maximum Gasteiger partial charge on any atom is 0.242 e. The van der Waals surface area contributed by atoms with E-state index in [0.717, 1.165) is 11.1 Å². The van der Waals surface area contributed by atoms with E-state index >= 15 is 0 Å². The molecule has 0 radical (unpaired) electrons. The largest absolute Gasteiger partial charge is 0.326 e. The highest BCUT2D eigenvalue weighted by Crippen LogP contribution is 2.26. The van der Waals surface area contributed by atoms with Gasteiger partial charge in [0.2, 0.25) is 21.8 Å². The number of rotatable bonds is 6. The third-order valence-corrected chi connectivity index (χ3v) is 6.58. The van der Waals surface area contributed by atoms with Crippen LogP contribution in [0.5, 0.6) is 0 Å². The summed E-state index contributed by atoms with van der Waals surface area (Å²) in [6.07, 6.45) is 0. The molecule has 0 saturated heterocycles. The van der Waals surface area contributed by atoms with Gasteiger partial charge in [0.15, 0.2) is 0 Å². The molecule has 2 aromatic rings. The molecule has 29 heavy (non-hydrogen) atoms. The van der Waals surface area contributed by atoms with Crippen molar-refractivity contribution >= 4 is 33.2 Å². The van der Waals surface area contributed by atoms with E-state index in [1.54, 1.807) is 38.1 Å². The lowest BCUT2D eigenvalue weighted by molar-refractivity contribution is -0.117. The molecular weight excluding hydrogens is 390 g/mol. The Balaban J connectivity index is 2.16. The van der Waals surface area contributed by atoms with Crippen molar-refractivity contribution in [3.05, 3.63) is 52.6 Å². The molecule has 0 saturated carbocycles. The summed E-state index contributed by atoms with van der Waals surface area (Å²) in [4.78, 5) is 23.8. The van der Waals surface area contributed by atoms with E-state index in [4.69, 9.17) is 0 Å². The van der Waals surface area contributed by atoms with Crippen LogP contribution in [-0.2, 0) is 19.6 Å². The van der Waals surface area contributed by atoms with Crippen molar-refractivity contribution in [2.75, 3.05) is 10.6 Å². The highest BCUT2D eigenvalue weighted by molar-refractivity contribution is 7.89. The fourth-order valence-corrected chi connectivity index (χ4v) is 4.84. The van der Waals surface area contributed by atoms with Gasteiger partial charge in [-0.2, -0.15) is 4.72 Å². The zero-order valence-electron chi connectivity index (χ0n) is 17.5. The molecule has 2 amide bonds. The van der Waals surface area contributed by atoms with Gasteiger partial charge in [0.1, 0.15) is 0 Å². The number of anilines is 2. The Bertz CT molecular complexity index is 1020. The molecule has 7 nitrogen and oxygen atoms in total. The monoisotopic (exact) mass is 417 g/mol. The molecule has 0 aliphatic rings. The molecule has 0 spiro atoms. The first-order valence-corrected chi connectivity index (χ1v) is 10.7. The summed E-state index contributed by atoms with van der Waals surface area (Å²) >= 11 is 0. The number of carbonyl (C=O) groups excluding carboxylic acids is 2. The molecule has 0 fully saturated rings. The minimum Gasteiger partial charge on any atom is -0.326 e. The Kier molecular flexibility index (Phi) is 6.81. The molecule has 8 heteroatoms. The van der Waals surface area contributed by atoms with Crippen molar-refractivity contribution in [2.45, 2.75) is 52.5 Å². The highest BCUT2D eigenvalue weighted by Gasteiger charge is 2.26. The van der Waals surface area contributed by atoms with E-state index in [9.17, 15) is 18.0 Å². The van der Waals surface area contributed by atoms with Crippen LogP contribution in [0.25, 0.3) is 0 Å². The van der Waals surface area contributed by atoms with Gasteiger partial charge in [0.25, 0.3) is 0 Å². The standard InChI is InChI=1S/C21H27N3O4S/c1-12-11-13(2)15(4)20(14(12)3)29(27,28)24-16(5)21(26)23-19-9-7-18(8-10-19)22-17(6)25/h7-11,16,24H,1-6H3,(H,22,25)(H,23,26)/t16-/m0/s1. The topological polar surface area (TPSA) is 104 Å². The first kappa shape index (κ1) is 22.6. The van der Waals surface area contributed by atoms with E-state index in [2.05, 4.69) is 15.4 Å². The zero-order valence-corrected chi connectivity index (χ0v) is 18.3. The van der Waals surface area contributed by atoms with Gasteiger partial charge >= 0.3 is 0 Å². The molecule has 0 heterocycles. The van der Waals surface area contributed by atoms with Crippen LogP contribution in [0.2, 0.25) is 0 Å².